The monoisotopic (exact) mass is 382 g/mol. The molecule has 5 nitrogen and oxygen atoms in total. The van der Waals surface area contributed by atoms with Gasteiger partial charge in [-0.15, -0.1) is 11.3 Å². The number of amides is 1. The highest BCUT2D eigenvalue weighted by Gasteiger charge is 2.16. The Hall–Kier alpha value is -2.86. The number of ether oxygens (including phenoxy) is 2. The van der Waals surface area contributed by atoms with Crippen molar-refractivity contribution in [3.63, 3.8) is 0 Å². The summed E-state index contributed by atoms with van der Waals surface area (Å²) < 4.78 is 11.3. The van der Waals surface area contributed by atoms with Crippen LogP contribution in [0.15, 0.2) is 59.4 Å². The van der Waals surface area contributed by atoms with Crippen LogP contribution in [-0.4, -0.2) is 17.5 Å². The number of hydrogen-bond donors (Lipinski definition) is 1. The molecule has 6 heteroatoms. The Labute approximate surface area is 163 Å². The molecule has 1 N–H and O–H groups in total. The molecule has 0 spiro atoms. The number of nitrogens with zero attached hydrogens (tertiary/aromatic N) is 1. The molecule has 0 radical (unpaired) electrons. The first-order valence-corrected chi connectivity index (χ1v) is 9.74. The van der Waals surface area contributed by atoms with Gasteiger partial charge in [0, 0.05) is 5.38 Å². The normalized spacial score (nSPS) is 11.6. The second-order valence-electron chi connectivity index (χ2n) is 5.97. The zero-order valence-corrected chi connectivity index (χ0v) is 16.2. The lowest BCUT2D eigenvalue weighted by Gasteiger charge is -2.17. The van der Waals surface area contributed by atoms with Crippen LogP contribution in [0, 0.1) is 0 Å². The van der Waals surface area contributed by atoms with Crippen LogP contribution in [0.3, 0.4) is 0 Å². The highest BCUT2D eigenvalue weighted by molar-refractivity contribution is 7.07. The SMILES string of the molecule is CCOc1cccc(C(C)NC(=O)c2ccccc2OCc2cscn2)c1. The Balaban J connectivity index is 1.69. The first-order valence-electron chi connectivity index (χ1n) is 8.80. The second kappa shape index (κ2) is 9.19. The average molecular weight is 382 g/mol. The van der Waals surface area contributed by atoms with Gasteiger partial charge in [0.1, 0.15) is 18.1 Å². The Morgan fingerprint density at radius 1 is 1.19 bits per heavy atom. The minimum Gasteiger partial charge on any atom is -0.494 e. The molecule has 0 aliphatic rings. The van der Waals surface area contributed by atoms with E-state index in [2.05, 4.69) is 10.3 Å². The van der Waals surface area contributed by atoms with Gasteiger partial charge in [0.15, 0.2) is 0 Å². The minimum atomic E-state index is -0.182. The first-order chi connectivity index (χ1) is 13.2. The van der Waals surface area contributed by atoms with Crippen LogP contribution in [0.25, 0.3) is 0 Å². The van der Waals surface area contributed by atoms with Crippen LogP contribution in [-0.2, 0) is 6.61 Å². The maximum Gasteiger partial charge on any atom is 0.255 e. The van der Waals surface area contributed by atoms with Gasteiger partial charge >= 0.3 is 0 Å². The number of carbonyl (C=O) groups is 1. The van der Waals surface area contributed by atoms with Crippen LogP contribution in [0.4, 0.5) is 0 Å². The molecular weight excluding hydrogens is 360 g/mol. The Bertz CT molecular complexity index is 881. The summed E-state index contributed by atoms with van der Waals surface area (Å²) in [6, 6.07) is 14.8. The van der Waals surface area contributed by atoms with E-state index < -0.39 is 0 Å². The highest BCUT2D eigenvalue weighted by atomic mass is 32.1. The van der Waals surface area contributed by atoms with Gasteiger partial charge in [0.2, 0.25) is 0 Å². The summed E-state index contributed by atoms with van der Waals surface area (Å²) >= 11 is 1.52. The summed E-state index contributed by atoms with van der Waals surface area (Å²) in [7, 11) is 0. The van der Waals surface area contributed by atoms with Crippen molar-refractivity contribution >= 4 is 17.2 Å². The van der Waals surface area contributed by atoms with Crippen molar-refractivity contribution in [3.05, 3.63) is 76.2 Å². The molecule has 0 bridgehead atoms. The number of rotatable bonds is 8. The number of carbonyl (C=O) groups excluding carboxylic acids is 1. The van der Waals surface area contributed by atoms with E-state index in [1.807, 2.05) is 55.6 Å². The quantitative estimate of drug-likeness (QED) is 0.618. The minimum absolute atomic E-state index is 0.162. The van der Waals surface area contributed by atoms with Crippen LogP contribution in [0.5, 0.6) is 11.5 Å². The number of benzene rings is 2. The van der Waals surface area contributed by atoms with Crippen molar-refractivity contribution in [2.45, 2.75) is 26.5 Å². The maximum atomic E-state index is 12.8. The Morgan fingerprint density at radius 2 is 2.04 bits per heavy atom. The Kier molecular flexibility index (Phi) is 6.44. The third-order valence-electron chi connectivity index (χ3n) is 4.01. The molecule has 1 aromatic heterocycles. The van der Waals surface area contributed by atoms with E-state index in [1.165, 1.54) is 11.3 Å². The van der Waals surface area contributed by atoms with Gasteiger partial charge in [-0.1, -0.05) is 24.3 Å². The lowest BCUT2D eigenvalue weighted by atomic mass is 10.1. The summed E-state index contributed by atoms with van der Waals surface area (Å²) in [6.45, 7) is 4.83. The largest absolute Gasteiger partial charge is 0.494 e. The number of para-hydroxylation sites is 1. The van der Waals surface area contributed by atoms with Crippen LogP contribution < -0.4 is 14.8 Å². The summed E-state index contributed by atoms with van der Waals surface area (Å²) in [5.41, 5.74) is 4.09. The molecule has 0 aliphatic carbocycles. The number of thiazole rings is 1. The molecule has 1 unspecified atom stereocenters. The van der Waals surface area contributed by atoms with E-state index in [4.69, 9.17) is 9.47 Å². The molecule has 3 aromatic rings. The standard InChI is InChI=1S/C21H22N2O3S/c1-3-25-18-8-6-7-16(11-18)15(2)23-21(24)19-9-4-5-10-20(19)26-12-17-13-27-14-22-17/h4-11,13-15H,3,12H2,1-2H3,(H,23,24). The van der Waals surface area contributed by atoms with Gasteiger partial charge in [-0.25, -0.2) is 4.98 Å². The van der Waals surface area contributed by atoms with Gasteiger partial charge < -0.3 is 14.8 Å². The zero-order valence-electron chi connectivity index (χ0n) is 15.3. The Morgan fingerprint density at radius 3 is 2.81 bits per heavy atom. The lowest BCUT2D eigenvalue weighted by molar-refractivity contribution is 0.0935. The summed E-state index contributed by atoms with van der Waals surface area (Å²) in [4.78, 5) is 17.0. The molecule has 140 valence electrons. The predicted molar refractivity (Wildman–Crippen MR) is 106 cm³/mol. The summed E-state index contributed by atoms with van der Waals surface area (Å²) in [5.74, 6) is 1.15. The second-order valence-corrected chi connectivity index (χ2v) is 6.68. The van der Waals surface area contributed by atoms with Crippen LogP contribution in [0.2, 0.25) is 0 Å². The van der Waals surface area contributed by atoms with E-state index in [9.17, 15) is 4.79 Å². The van der Waals surface area contributed by atoms with Crippen molar-refractivity contribution in [1.29, 1.82) is 0 Å². The molecule has 1 heterocycles. The van der Waals surface area contributed by atoms with E-state index in [-0.39, 0.29) is 11.9 Å². The zero-order chi connectivity index (χ0) is 19.1. The lowest BCUT2D eigenvalue weighted by Crippen LogP contribution is -2.27. The van der Waals surface area contributed by atoms with E-state index in [1.54, 1.807) is 17.6 Å². The van der Waals surface area contributed by atoms with Gasteiger partial charge in [-0.3, -0.25) is 4.79 Å². The fourth-order valence-corrected chi connectivity index (χ4v) is 3.18. The van der Waals surface area contributed by atoms with Gasteiger partial charge in [0.25, 0.3) is 5.91 Å². The van der Waals surface area contributed by atoms with E-state index >= 15 is 0 Å². The molecule has 0 saturated carbocycles. The van der Waals surface area contributed by atoms with Gasteiger partial charge in [-0.2, -0.15) is 0 Å². The van der Waals surface area contributed by atoms with Crippen LogP contribution >= 0.6 is 11.3 Å². The fourth-order valence-electron chi connectivity index (χ4n) is 2.64. The molecule has 3 rings (SSSR count). The van der Waals surface area contributed by atoms with Gasteiger partial charge in [-0.05, 0) is 43.7 Å². The highest BCUT2D eigenvalue weighted by Crippen LogP contribution is 2.23. The molecule has 27 heavy (non-hydrogen) atoms. The molecule has 0 fully saturated rings. The molecule has 1 atom stereocenters. The number of nitrogens with one attached hydrogen (secondary N) is 1. The van der Waals surface area contributed by atoms with Crippen molar-refractivity contribution in [2.24, 2.45) is 0 Å². The molecule has 2 aromatic carbocycles. The fraction of sp³-hybridized carbons (Fsp3) is 0.238. The molecule has 1 amide bonds. The van der Waals surface area contributed by atoms with Crippen molar-refractivity contribution < 1.29 is 14.3 Å². The molecular formula is C21H22N2O3S. The van der Waals surface area contributed by atoms with Gasteiger partial charge in [0.05, 0.1) is 29.4 Å². The topological polar surface area (TPSA) is 60.5 Å². The smallest absolute Gasteiger partial charge is 0.255 e. The number of hydrogen-bond acceptors (Lipinski definition) is 5. The van der Waals surface area contributed by atoms with Crippen molar-refractivity contribution in [2.75, 3.05) is 6.61 Å². The van der Waals surface area contributed by atoms with E-state index in [0.29, 0.717) is 24.5 Å². The molecule has 0 aliphatic heterocycles. The van der Waals surface area contributed by atoms with E-state index in [0.717, 1.165) is 17.0 Å². The van der Waals surface area contributed by atoms with Crippen LogP contribution in [0.1, 0.15) is 41.5 Å². The predicted octanol–water partition coefficient (Wildman–Crippen LogP) is 4.61. The third kappa shape index (κ3) is 5.08. The first kappa shape index (κ1) is 18.9. The summed E-state index contributed by atoms with van der Waals surface area (Å²) in [5, 5.41) is 4.95. The summed E-state index contributed by atoms with van der Waals surface area (Å²) in [6.07, 6.45) is 0. The van der Waals surface area contributed by atoms with Crippen molar-refractivity contribution in [1.82, 2.24) is 10.3 Å². The molecule has 0 saturated heterocycles. The average Bonchev–Trinajstić information content (AvgIpc) is 3.20. The third-order valence-corrected chi connectivity index (χ3v) is 4.64. The number of aromatic nitrogens is 1. The van der Waals surface area contributed by atoms with Crippen molar-refractivity contribution in [3.8, 4) is 11.5 Å². The maximum absolute atomic E-state index is 12.8.